The molecule has 2 aliphatic heterocycles. The number of carbonyl (C=O) groups is 1. The summed E-state index contributed by atoms with van der Waals surface area (Å²) in [7, 11) is 0. The molecule has 0 bridgehead atoms. The molecule has 0 radical (unpaired) electrons. The highest BCUT2D eigenvalue weighted by Crippen LogP contribution is 2.31. The molecule has 2 aromatic carbocycles. The lowest BCUT2D eigenvalue weighted by molar-refractivity contribution is 0.0729. The Morgan fingerprint density at radius 2 is 1.74 bits per heavy atom. The third-order valence-electron chi connectivity index (χ3n) is 7.12. The first-order valence-electron chi connectivity index (χ1n) is 12.9. The summed E-state index contributed by atoms with van der Waals surface area (Å²) in [5, 5.41) is 0. The van der Waals surface area contributed by atoms with E-state index in [1.54, 1.807) is 0 Å². The largest absolute Gasteiger partial charge is 0.492 e. The maximum absolute atomic E-state index is 13.4. The number of hydrogen-bond donors (Lipinski definition) is 0. The van der Waals surface area contributed by atoms with E-state index in [-0.39, 0.29) is 5.91 Å². The number of likely N-dealkylation sites (tertiary alicyclic amines) is 1. The second kappa shape index (κ2) is 11.2. The number of nitrogens with zero attached hydrogens (tertiary/aromatic N) is 3. The molecular formula is C28H37N3O3. The van der Waals surface area contributed by atoms with Crippen LogP contribution in [-0.2, 0) is 11.3 Å². The number of piperidine rings is 1. The van der Waals surface area contributed by atoms with E-state index in [4.69, 9.17) is 9.47 Å². The summed E-state index contributed by atoms with van der Waals surface area (Å²) in [5.41, 5.74) is 3.05. The van der Waals surface area contributed by atoms with Crippen LogP contribution in [0.15, 0.2) is 48.5 Å². The Morgan fingerprint density at radius 1 is 0.971 bits per heavy atom. The maximum Gasteiger partial charge on any atom is 0.254 e. The van der Waals surface area contributed by atoms with Crippen LogP contribution in [0.2, 0.25) is 0 Å². The molecule has 0 spiro atoms. The van der Waals surface area contributed by atoms with E-state index < -0.39 is 0 Å². The van der Waals surface area contributed by atoms with Crippen molar-refractivity contribution in [2.45, 2.75) is 44.7 Å². The minimum Gasteiger partial charge on any atom is -0.492 e. The van der Waals surface area contributed by atoms with Gasteiger partial charge in [0.1, 0.15) is 12.4 Å². The summed E-state index contributed by atoms with van der Waals surface area (Å²) in [4.78, 5) is 20.2. The van der Waals surface area contributed by atoms with Crippen molar-refractivity contribution in [1.82, 2.24) is 9.80 Å². The summed E-state index contributed by atoms with van der Waals surface area (Å²) in [6, 6.07) is 16.7. The van der Waals surface area contributed by atoms with E-state index in [1.165, 1.54) is 32.4 Å². The molecule has 0 aromatic heterocycles. The van der Waals surface area contributed by atoms with Crippen LogP contribution in [0, 0.1) is 0 Å². The van der Waals surface area contributed by atoms with Gasteiger partial charge in [0.15, 0.2) is 0 Å². The Bertz CT molecular complexity index is 932. The van der Waals surface area contributed by atoms with Crippen LogP contribution in [0.3, 0.4) is 0 Å². The SMILES string of the molecule is O=C(c1ccc(N2CCOCC2)cc1)N(Cc1cccc(OCCN2CCCCC2)c1)C1CC1. The number of anilines is 1. The molecular weight excluding hydrogens is 426 g/mol. The van der Waals surface area contributed by atoms with Crippen molar-refractivity contribution in [3.8, 4) is 5.75 Å². The molecule has 1 saturated carbocycles. The highest BCUT2D eigenvalue weighted by molar-refractivity contribution is 5.95. The smallest absolute Gasteiger partial charge is 0.254 e. The predicted octanol–water partition coefficient (Wildman–Crippen LogP) is 4.19. The molecule has 182 valence electrons. The highest BCUT2D eigenvalue weighted by Gasteiger charge is 2.33. The van der Waals surface area contributed by atoms with E-state index in [1.807, 2.05) is 29.2 Å². The van der Waals surface area contributed by atoms with Gasteiger partial charge >= 0.3 is 0 Å². The average Bonchev–Trinajstić information content (AvgIpc) is 3.74. The fraction of sp³-hybridized carbons (Fsp3) is 0.536. The van der Waals surface area contributed by atoms with Crippen molar-refractivity contribution in [1.29, 1.82) is 0 Å². The molecule has 5 rings (SSSR count). The summed E-state index contributed by atoms with van der Waals surface area (Å²) in [5.74, 6) is 1.01. The standard InChI is InChI=1S/C28H37N3O3/c32-28(24-7-9-25(10-8-24)30-16-18-33-19-17-30)31(26-11-12-26)22-23-5-4-6-27(21-23)34-20-15-29-13-2-1-3-14-29/h4-10,21,26H,1-3,11-20,22H2. The third kappa shape index (κ3) is 6.10. The molecule has 1 amide bonds. The number of ether oxygens (including phenoxy) is 2. The number of amides is 1. The Kier molecular flexibility index (Phi) is 7.66. The van der Waals surface area contributed by atoms with Crippen LogP contribution >= 0.6 is 0 Å². The molecule has 0 unspecified atom stereocenters. The summed E-state index contributed by atoms with van der Waals surface area (Å²) in [6.45, 7) is 8.02. The first-order chi connectivity index (χ1) is 16.8. The lowest BCUT2D eigenvalue weighted by Crippen LogP contribution is -2.36. The fourth-order valence-electron chi connectivity index (χ4n) is 4.96. The van der Waals surface area contributed by atoms with Gasteiger partial charge in [-0.15, -0.1) is 0 Å². The summed E-state index contributed by atoms with van der Waals surface area (Å²) in [6.07, 6.45) is 6.13. The molecule has 3 fully saturated rings. The van der Waals surface area contributed by atoms with Gasteiger partial charge in [0.05, 0.1) is 13.2 Å². The first kappa shape index (κ1) is 23.2. The van der Waals surface area contributed by atoms with Crippen LogP contribution in [0.4, 0.5) is 5.69 Å². The number of benzene rings is 2. The van der Waals surface area contributed by atoms with Gasteiger partial charge in [0.2, 0.25) is 0 Å². The monoisotopic (exact) mass is 463 g/mol. The zero-order valence-electron chi connectivity index (χ0n) is 20.2. The van der Waals surface area contributed by atoms with Gasteiger partial charge < -0.3 is 19.3 Å². The number of carbonyl (C=O) groups excluding carboxylic acids is 1. The van der Waals surface area contributed by atoms with Crippen LogP contribution in [0.25, 0.3) is 0 Å². The summed E-state index contributed by atoms with van der Waals surface area (Å²) < 4.78 is 11.5. The highest BCUT2D eigenvalue weighted by atomic mass is 16.5. The van der Waals surface area contributed by atoms with E-state index >= 15 is 0 Å². The summed E-state index contributed by atoms with van der Waals surface area (Å²) >= 11 is 0. The lowest BCUT2D eigenvalue weighted by atomic mass is 10.1. The van der Waals surface area contributed by atoms with Gasteiger partial charge in [0.25, 0.3) is 5.91 Å². The van der Waals surface area contributed by atoms with Gasteiger partial charge in [-0.3, -0.25) is 9.69 Å². The quantitative estimate of drug-likeness (QED) is 0.558. The van der Waals surface area contributed by atoms with Crippen molar-refractivity contribution in [3.05, 3.63) is 59.7 Å². The van der Waals surface area contributed by atoms with Crippen molar-refractivity contribution in [2.24, 2.45) is 0 Å². The van der Waals surface area contributed by atoms with Crippen molar-refractivity contribution < 1.29 is 14.3 Å². The van der Waals surface area contributed by atoms with Crippen molar-refractivity contribution in [2.75, 3.05) is 57.4 Å². The molecule has 6 nitrogen and oxygen atoms in total. The number of hydrogen-bond acceptors (Lipinski definition) is 5. The molecule has 0 atom stereocenters. The van der Waals surface area contributed by atoms with E-state index in [0.29, 0.717) is 19.2 Å². The average molecular weight is 464 g/mol. The zero-order chi connectivity index (χ0) is 23.2. The second-order valence-corrected chi connectivity index (χ2v) is 9.71. The van der Waals surface area contributed by atoms with Crippen LogP contribution < -0.4 is 9.64 Å². The van der Waals surface area contributed by atoms with Gasteiger partial charge in [-0.1, -0.05) is 18.6 Å². The van der Waals surface area contributed by atoms with Gasteiger partial charge in [0, 0.05) is 43.5 Å². The van der Waals surface area contributed by atoms with Crippen LogP contribution in [0.1, 0.15) is 48.0 Å². The van der Waals surface area contributed by atoms with E-state index in [9.17, 15) is 4.79 Å². The molecule has 2 aromatic rings. The van der Waals surface area contributed by atoms with Gasteiger partial charge in [-0.05, 0) is 80.7 Å². The third-order valence-corrected chi connectivity index (χ3v) is 7.12. The van der Waals surface area contributed by atoms with Crippen LogP contribution in [0.5, 0.6) is 5.75 Å². The Morgan fingerprint density at radius 3 is 2.47 bits per heavy atom. The Labute approximate surface area is 203 Å². The Balaban J connectivity index is 1.19. The Hall–Kier alpha value is -2.57. The molecule has 34 heavy (non-hydrogen) atoms. The first-order valence-corrected chi connectivity index (χ1v) is 12.9. The zero-order valence-corrected chi connectivity index (χ0v) is 20.2. The molecule has 3 aliphatic rings. The molecule has 6 heteroatoms. The minimum atomic E-state index is 0.118. The molecule has 2 heterocycles. The normalized spacial score (nSPS) is 19.1. The molecule has 1 aliphatic carbocycles. The topological polar surface area (TPSA) is 45.3 Å². The number of morpholine rings is 1. The van der Waals surface area contributed by atoms with Crippen LogP contribution in [-0.4, -0.2) is 74.3 Å². The maximum atomic E-state index is 13.4. The molecule has 2 saturated heterocycles. The van der Waals surface area contributed by atoms with Gasteiger partial charge in [-0.2, -0.15) is 0 Å². The second-order valence-electron chi connectivity index (χ2n) is 9.71. The van der Waals surface area contributed by atoms with E-state index in [0.717, 1.165) is 68.3 Å². The van der Waals surface area contributed by atoms with Gasteiger partial charge in [-0.25, -0.2) is 0 Å². The fourth-order valence-corrected chi connectivity index (χ4v) is 4.96. The lowest BCUT2D eigenvalue weighted by Gasteiger charge is -2.29. The number of rotatable bonds is 9. The predicted molar refractivity (Wildman–Crippen MR) is 135 cm³/mol. The van der Waals surface area contributed by atoms with Crippen molar-refractivity contribution >= 4 is 11.6 Å². The van der Waals surface area contributed by atoms with Crippen molar-refractivity contribution in [3.63, 3.8) is 0 Å². The minimum absolute atomic E-state index is 0.118. The molecule has 0 N–H and O–H groups in total. The van der Waals surface area contributed by atoms with E-state index in [2.05, 4.69) is 34.1 Å².